The van der Waals surface area contributed by atoms with E-state index in [9.17, 15) is 14.0 Å². The van der Waals surface area contributed by atoms with Crippen molar-refractivity contribution in [3.8, 4) is 11.1 Å². The van der Waals surface area contributed by atoms with Crippen molar-refractivity contribution in [2.75, 3.05) is 45.6 Å². The number of carbonyl (C=O) groups is 2. The van der Waals surface area contributed by atoms with Crippen LogP contribution in [0.15, 0.2) is 48.5 Å². The number of rotatable bonds is 10. The molecule has 1 aromatic heterocycles. The van der Waals surface area contributed by atoms with Gasteiger partial charge in [0.15, 0.2) is 5.78 Å². The van der Waals surface area contributed by atoms with Gasteiger partial charge in [-0.15, -0.1) is 0 Å². The van der Waals surface area contributed by atoms with E-state index in [1.165, 1.54) is 12.1 Å². The predicted octanol–water partition coefficient (Wildman–Crippen LogP) is 5.08. The van der Waals surface area contributed by atoms with Crippen molar-refractivity contribution < 1.29 is 14.0 Å². The first-order chi connectivity index (χ1) is 17.3. The van der Waals surface area contributed by atoms with Crippen LogP contribution in [0.25, 0.3) is 22.8 Å². The minimum Gasteiger partial charge on any atom is -0.359 e. The lowest BCUT2D eigenvalue weighted by atomic mass is 9.94. The topological polar surface area (TPSA) is 68.4 Å². The number of H-pyrrole nitrogens is 1. The average molecular weight is 489 g/mol. The van der Waals surface area contributed by atoms with E-state index in [1.807, 2.05) is 51.4 Å². The number of halogens is 1. The van der Waals surface area contributed by atoms with Crippen LogP contribution in [0.4, 0.5) is 10.1 Å². The van der Waals surface area contributed by atoms with Gasteiger partial charge in [0.1, 0.15) is 5.82 Å². The van der Waals surface area contributed by atoms with Gasteiger partial charge in [-0.05, 0) is 88.5 Å². The predicted molar refractivity (Wildman–Crippen MR) is 143 cm³/mol. The summed E-state index contributed by atoms with van der Waals surface area (Å²) in [4.78, 5) is 33.9. The number of nitrogens with zero attached hydrogens (tertiary/aromatic N) is 2. The fraction of sp³-hybridized carbons (Fsp3) is 0.310. The molecule has 2 heterocycles. The van der Waals surface area contributed by atoms with Crippen molar-refractivity contribution in [2.45, 2.75) is 20.3 Å². The molecule has 6 nitrogen and oxygen atoms in total. The summed E-state index contributed by atoms with van der Waals surface area (Å²) in [5.74, 6) is -0.583. The molecule has 0 unspecified atom stereocenters. The van der Waals surface area contributed by atoms with Gasteiger partial charge < -0.3 is 15.2 Å². The Morgan fingerprint density at radius 1 is 1.08 bits per heavy atom. The SMILES string of the molecule is CCN(CCCN(C)C)CC(=O)c1cc(C)[nH]c1/C=C1\C(=O)Nc2cccc(-c3cccc(F)c3)c21. The van der Waals surface area contributed by atoms with Gasteiger partial charge in [0.05, 0.1) is 17.8 Å². The molecule has 1 aliphatic rings. The Morgan fingerprint density at radius 3 is 2.58 bits per heavy atom. The monoisotopic (exact) mass is 488 g/mol. The number of aromatic nitrogens is 1. The fourth-order valence-electron chi connectivity index (χ4n) is 4.63. The third kappa shape index (κ3) is 5.64. The number of fused-ring (bicyclic) bond motifs is 1. The van der Waals surface area contributed by atoms with Gasteiger partial charge in [-0.25, -0.2) is 4.39 Å². The Hall–Kier alpha value is -3.55. The smallest absolute Gasteiger partial charge is 0.256 e. The molecule has 0 aliphatic carbocycles. The summed E-state index contributed by atoms with van der Waals surface area (Å²) in [5, 5.41) is 2.91. The summed E-state index contributed by atoms with van der Waals surface area (Å²) in [6.07, 6.45) is 2.73. The van der Waals surface area contributed by atoms with E-state index in [2.05, 4.69) is 27.0 Å². The molecule has 7 heteroatoms. The number of aryl methyl sites for hydroxylation is 1. The zero-order valence-electron chi connectivity index (χ0n) is 21.3. The Labute approximate surface area is 211 Å². The normalized spacial score (nSPS) is 14.1. The molecule has 0 atom stereocenters. The Morgan fingerprint density at radius 2 is 1.86 bits per heavy atom. The van der Waals surface area contributed by atoms with E-state index in [4.69, 9.17) is 0 Å². The van der Waals surface area contributed by atoms with Crippen LogP contribution in [0.1, 0.15) is 40.7 Å². The number of Topliss-reactive ketones (excluding diaryl/α,β-unsaturated/α-hetero) is 1. The van der Waals surface area contributed by atoms with Crippen molar-refractivity contribution in [1.29, 1.82) is 0 Å². The maximum absolute atomic E-state index is 14.0. The number of hydrogen-bond donors (Lipinski definition) is 2. The molecule has 2 N–H and O–H groups in total. The molecule has 1 amide bonds. The molecule has 4 rings (SSSR count). The molecule has 0 radical (unpaired) electrons. The number of ketones is 1. The van der Waals surface area contributed by atoms with Gasteiger partial charge >= 0.3 is 0 Å². The summed E-state index contributed by atoms with van der Waals surface area (Å²) < 4.78 is 14.0. The molecule has 0 saturated carbocycles. The van der Waals surface area contributed by atoms with E-state index in [0.29, 0.717) is 40.2 Å². The molecule has 36 heavy (non-hydrogen) atoms. The molecule has 0 spiro atoms. The second-order valence-electron chi connectivity index (χ2n) is 9.48. The highest BCUT2D eigenvalue weighted by Crippen LogP contribution is 2.40. The summed E-state index contributed by atoms with van der Waals surface area (Å²) in [7, 11) is 4.08. The van der Waals surface area contributed by atoms with E-state index in [1.54, 1.807) is 12.1 Å². The van der Waals surface area contributed by atoms with Crippen LogP contribution in [0.3, 0.4) is 0 Å². The van der Waals surface area contributed by atoms with Crippen LogP contribution in [0.5, 0.6) is 0 Å². The van der Waals surface area contributed by atoms with Crippen molar-refractivity contribution >= 4 is 29.0 Å². The van der Waals surface area contributed by atoms with Crippen molar-refractivity contribution in [3.63, 3.8) is 0 Å². The fourth-order valence-corrected chi connectivity index (χ4v) is 4.63. The molecule has 3 aromatic rings. The van der Waals surface area contributed by atoms with Gasteiger partial charge in [0.2, 0.25) is 0 Å². The summed E-state index contributed by atoms with van der Waals surface area (Å²) in [6, 6.07) is 13.7. The largest absolute Gasteiger partial charge is 0.359 e. The maximum atomic E-state index is 14.0. The molecule has 0 saturated heterocycles. The average Bonchev–Trinajstić information content (AvgIpc) is 3.37. The number of anilines is 1. The van der Waals surface area contributed by atoms with Crippen molar-refractivity contribution in [1.82, 2.24) is 14.8 Å². The first-order valence-electron chi connectivity index (χ1n) is 12.3. The molecule has 0 fully saturated rings. The van der Waals surface area contributed by atoms with Gasteiger partial charge in [0.25, 0.3) is 5.91 Å². The molecular weight excluding hydrogens is 455 g/mol. The van der Waals surface area contributed by atoms with Crippen LogP contribution >= 0.6 is 0 Å². The van der Waals surface area contributed by atoms with Gasteiger partial charge in [-0.1, -0.05) is 31.2 Å². The third-order valence-corrected chi connectivity index (χ3v) is 6.43. The molecule has 1 aliphatic heterocycles. The minimum absolute atomic E-state index is 0.00921. The second-order valence-corrected chi connectivity index (χ2v) is 9.48. The molecule has 2 aromatic carbocycles. The Balaban J connectivity index is 1.67. The highest BCUT2D eigenvalue weighted by Gasteiger charge is 2.28. The van der Waals surface area contributed by atoms with Crippen LogP contribution in [-0.2, 0) is 4.79 Å². The number of benzene rings is 2. The number of amides is 1. The number of nitrogens with one attached hydrogen (secondary N) is 2. The van der Waals surface area contributed by atoms with Crippen LogP contribution in [0.2, 0.25) is 0 Å². The Kier molecular flexibility index (Phi) is 7.82. The molecular formula is C29H33FN4O2. The van der Waals surface area contributed by atoms with Gasteiger partial charge in [0, 0.05) is 22.5 Å². The number of likely N-dealkylation sites (N-methyl/N-ethyl adjacent to an activating group) is 1. The first-order valence-corrected chi connectivity index (χ1v) is 12.3. The third-order valence-electron chi connectivity index (χ3n) is 6.43. The van der Waals surface area contributed by atoms with E-state index >= 15 is 0 Å². The van der Waals surface area contributed by atoms with Gasteiger partial charge in [-0.2, -0.15) is 0 Å². The van der Waals surface area contributed by atoms with Crippen LogP contribution in [-0.4, -0.2) is 66.7 Å². The summed E-state index contributed by atoms with van der Waals surface area (Å²) in [5.41, 5.74) is 5.27. The lowest BCUT2D eigenvalue weighted by molar-refractivity contribution is -0.110. The standard InChI is InChI=1S/C29H33FN4O2/c1-5-34(14-8-13-33(3)4)18-27(35)23-15-19(2)31-26(23)17-24-28-22(20-9-6-10-21(30)16-20)11-7-12-25(28)32-29(24)36/h6-7,9-12,15-17,31H,5,8,13-14,18H2,1-4H3,(H,32,36)/b24-17-. The van der Waals surface area contributed by atoms with Crippen LogP contribution < -0.4 is 5.32 Å². The quantitative estimate of drug-likeness (QED) is 0.309. The van der Waals surface area contributed by atoms with E-state index in [-0.39, 0.29) is 17.5 Å². The molecule has 188 valence electrons. The van der Waals surface area contributed by atoms with Crippen molar-refractivity contribution in [2.24, 2.45) is 0 Å². The van der Waals surface area contributed by atoms with E-state index < -0.39 is 0 Å². The lowest BCUT2D eigenvalue weighted by Crippen LogP contribution is -2.32. The number of carbonyl (C=O) groups excluding carboxylic acids is 2. The van der Waals surface area contributed by atoms with Crippen LogP contribution in [0, 0.1) is 12.7 Å². The highest BCUT2D eigenvalue weighted by molar-refractivity contribution is 6.36. The molecule has 0 bridgehead atoms. The minimum atomic E-state index is -0.341. The van der Waals surface area contributed by atoms with Crippen molar-refractivity contribution in [3.05, 3.63) is 76.9 Å². The van der Waals surface area contributed by atoms with Gasteiger partial charge in [-0.3, -0.25) is 14.5 Å². The lowest BCUT2D eigenvalue weighted by Gasteiger charge is -2.20. The number of aromatic amines is 1. The zero-order valence-corrected chi connectivity index (χ0v) is 21.3. The second kappa shape index (κ2) is 11.0. The summed E-state index contributed by atoms with van der Waals surface area (Å²) in [6.45, 7) is 6.86. The number of hydrogen-bond acceptors (Lipinski definition) is 4. The maximum Gasteiger partial charge on any atom is 0.256 e. The highest BCUT2D eigenvalue weighted by atomic mass is 19.1. The zero-order chi connectivity index (χ0) is 25.8. The Bertz CT molecular complexity index is 1310. The van der Waals surface area contributed by atoms with E-state index in [0.717, 1.165) is 37.3 Å². The summed E-state index contributed by atoms with van der Waals surface area (Å²) >= 11 is 0. The first kappa shape index (κ1) is 25.5.